The van der Waals surface area contributed by atoms with Gasteiger partial charge in [0.2, 0.25) is 0 Å². The second-order valence-electron chi connectivity index (χ2n) is 6.66. The van der Waals surface area contributed by atoms with Crippen LogP contribution in [0.4, 0.5) is 5.82 Å². The van der Waals surface area contributed by atoms with E-state index < -0.39 is 17.3 Å². The molecule has 0 saturated carbocycles. The number of benzene rings is 1. The summed E-state index contributed by atoms with van der Waals surface area (Å²) in [6.07, 6.45) is 3.41. The highest BCUT2D eigenvalue weighted by molar-refractivity contribution is 5.55. The number of anilines is 1. The molecule has 0 aliphatic heterocycles. The van der Waals surface area contributed by atoms with Crippen molar-refractivity contribution in [2.24, 2.45) is 21.1 Å². The van der Waals surface area contributed by atoms with Crippen LogP contribution >= 0.6 is 0 Å². The zero-order valence-corrected chi connectivity index (χ0v) is 17.3. The minimum atomic E-state index is -0.676. The maximum absolute atomic E-state index is 12.5. The third-order valence-corrected chi connectivity index (χ3v) is 4.88. The van der Waals surface area contributed by atoms with E-state index in [-0.39, 0.29) is 11.4 Å². The van der Waals surface area contributed by atoms with Crippen molar-refractivity contribution < 1.29 is 9.47 Å². The number of rotatable bonds is 6. The van der Waals surface area contributed by atoms with Crippen molar-refractivity contribution in [2.45, 2.75) is 6.04 Å². The molecule has 0 fully saturated rings. The van der Waals surface area contributed by atoms with Gasteiger partial charge in [-0.2, -0.15) is 5.26 Å². The molecule has 0 radical (unpaired) electrons. The number of imidazole rings is 1. The fraction of sp³-hybridized carbons (Fsp3) is 0.300. The zero-order valence-electron chi connectivity index (χ0n) is 17.3. The van der Waals surface area contributed by atoms with Crippen molar-refractivity contribution in [3.8, 4) is 17.6 Å². The van der Waals surface area contributed by atoms with Gasteiger partial charge in [0.1, 0.15) is 35.3 Å². The fourth-order valence-electron chi connectivity index (χ4n) is 3.20. The lowest BCUT2D eigenvalue weighted by Gasteiger charge is -2.23. The van der Waals surface area contributed by atoms with Crippen LogP contribution in [0, 0.1) is 11.3 Å². The van der Waals surface area contributed by atoms with Crippen LogP contribution in [0.25, 0.3) is 0 Å². The van der Waals surface area contributed by atoms with Gasteiger partial charge in [-0.1, -0.05) is 0 Å². The average molecular weight is 410 g/mol. The quantitative estimate of drug-likeness (QED) is 0.642. The number of nitrogens with one attached hydrogen (secondary N) is 1. The molecule has 1 N–H and O–H groups in total. The first-order valence-electron chi connectivity index (χ1n) is 8.99. The van der Waals surface area contributed by atoms with Gasteiger partial charge in [-0.25, -0.2) is 9.78 Å². The highest BCUT2D eigenvalue weighted by Crippen LogP contribution is 2.32. The molecule has 2 heterocycles. The molecule has 10 heteroatoms. The maximum Gasteiger partial charge on any atom is 0.332 e. The molecule has 1 atom stereocenters. The Hall–Kier alpha value is -4.00. The SMILES string of the molecule is COc1cc(OC)cc([C@@H](Nc2c(C#N)c(=O)n(C)c(=O)n2C)c2nccn2C)c1. The van der Waals surface area contributed by atoms with Gasteiger partial charge in [-0.3, -0.25) is 13.9 Å². The van der Waals surface area contributed by atoms with Gasteiger partial charge < -0.3 is 19.4 Å². The van der Waals surface area contributed by atoms with Gasteiger partial charge in [0.05, 0.1) is 14.2 Å². The molecule has 0 unspecified atom stereocenters. The van der Waals surface area contributed by atoms with Crippen LogP contribution in [0.1, 0.15) is 23.0 Å². The number of hydrogen-bond donors (Lipinski definition) is 1. The molecule has 2 aromatic heterocycles. The predicted octanol–water partition coefficient (Wildman–Crippen LogP) is 0.908. The van der Waals surface area contributed by atoms with Crippen molar-refractivity contribution in [1.82, 2.24) is 18.7 Å². The van der Waals surface area contributed by atoms with E-state index in [0.717, 1.165) is 4.57 Å². The third-order valence-electron chi connectivity index (χ3n) is 4.88. The summed E-state index contributed by atoms with van der Waals surface area (Å²) in [5, 5.41) is 12.8. The zero-order chi connectivity index (χ0) is 22.0. The second kappa shape index (κ2) is 8.16. The lowest BCUT2D eigenvalue weighted by Crippen LogP contribution is -2.40. The smallest absolute Gasteiger partial charge is 0.332 e. The number of aromatic nitrogens is 4. The number of ether oxygens (including phenoxy) is 2. The summed E-state index contributed by atoms with van der Waals surface area (Å²) < 4.78 is 14.7. The average Bonchev–Trinajstić information content (AvgIpc) is 3.18. The number of nitrogens with zero attached hydrogens (tertiary/aromatic N) is 5. The van der Waals surface area contributed by atoms with Crippen LogP contribution in [0.2, 0.25) is 0 Å². The number of hydrogen-bond acceptors (Lipinski definition) is 7. The molecule has 0 aliphatic carbocycles. The first-order valence-corrected chi connectivity index (χ1v) is 8.99. The minimum Gasteiger partial charge on any atom is -0.497 e. The maximum atomic E-state index is 12.5. The molecule has 0 aliphatic rings. The van der Waals surface area contributed by atoms with Gasteiger partial charge in [-0.15, -0.1) is 0 Å². The summed E-state index contributed by atoms with van der Waals surface area (Å²) in [4.78, 5) is 29.4. The number of nitriles is 1. The first-order chi connectivity index (χ1) is 14.3. The van der Waals surface area contributed by atoms with Gasteiger partial charge in [0, 0.05) is 39.6 Å². The lowest BCUT2D eigenvalue weighted by molar-refractivity contribution is 0.393. The first kappa shape index (κ1) is 20.7. The predicted molar refractivity (Wildman–Crippen MR) is 110 cm³/mol. The van der Waals surface area contributed by atoms with E-state index in [9.17, 15) is 14.9 Å². The van der Waals surface area contributed by atoms with Crippen LogP contribution in [0.5, 0.6) is 11.5 Å². The molecule has 0 amide bonds. The molecule has 3 aromatic rings. The van der Waals surface area contributed by atoms with Gasteiger partial charge in [0.15, 0.2) is 5.56 Å². The van der Waals surface area contributed by atoms with Crippen molar-refractivity contribution in [3.63, 3.8) is 0 Å². The van der Waals surface area contributed by atoms with Crippen molar-refractivity contribution in [3.05, 3.63) is 68.4 Å². The molecule has 1 aromatic carbocycles. The highest BCUT2D eigenvalue weighted by Gasteiger charge is 2.24. The van der Waals surface area contributed by atoms with E-state index in [2.05, 4.69) is 10.3 Å². The molecule has 0 bridgehead atoms. The van der Waals surface area contributed by atoms with E-state index >= 15 is 0 Å². The van der Waals surface area contributed by atoms with Gasteiger partial charge in [0.25, 0.3) is 5.56 Å². The van der Waals surface area contributed by atoms with Crippen LogP contribution < -0.4 is 26.0 Å². The van der Waals surface area contributed by atoms with Crippen molar-refractivity contribution in [1.29, 1.82) is 5.26 Å². The Balaban J connectivity index is 2.26. The largest absolute Gasteiger partial charge is 0.497 e. The Morgan fingerprint density at radius 2 is 1.70 bits per heavy atom. The van der Waals surface area contributed by atoms with Crippen LogP contribution in [0.15, 0.2) is 40.2 Å². The molecule has 30 heavy (non-hydrogen) atoms. The Kier molecular flexibility index (Phi) is 5.64. The summed E-state index contributed by atoms with van der Waals surface area (Å²) in [6, 6.07) is 6.60. The fourth-order valence-corrected chi connectivity index (χ4v) is 3.20. The Bertz CT molecular complexity index is 1230. The summed E-state index contributed by atoms with van der Waals surface area (Å²) in [5.41, 5.74) is -0.695. The van der Waals surface area contributed by atoms with E-state index in [1.54, 1.807) is 49.4 Å². The monoisotopic (exact) mass is 410 g/mol. The van der Waals surface area contributed by atoms with Crippen LogP contribution in [-0.4, -0.2) is 32.9 Å². The normalized spacial score (nSPS) is 11.6. The molecule has 3 rings (SSSR count). The molecule has 0 spiro atoms. The lowest BCUT2D eigenvalue weighted by atomic mass is 10.0. The van der Waals surface area contributed by atoms with Crippen molar-refractivity contribution >= 4 is 5.82 Å². The number of aryl methyl sites for hydroxylation is 1. The minimum absolute atomic E-state index is 0.0976. The van der Waals surface area contributed by atoms with Gasteiger partial charge in [-0.05, 0) is 17.7 Å². The van der Waals surface area contributed by atoms with Crippen LogP contribution in [-0.2, 0) is 21.1 Å². The Labute approximate surface area is 172 Å². The van der Waals surface area contributed by atoms with Crippen LogP contribution in [0.3, 0.4) is 0 Å². The summed E-state index contributed by atoms with van der Waals surface area (Å²) >= 11 is 0. The van der Waals surface area contributed by atoms with E-state index in [4.69, 9.17) is 9.47 Å². The third kappa shape index (κ3) is 3.53. The molecule has 156 valence electrons. The summed E-state index contributed by atoms with van der Waals surface area (Å²) in [7, 11) is 7.73. The second-order valence-corrected chi connectivity index (χ2v) is 6.66. The Morgan fingerprint density at radius 1 is 1.07 bits per heavy atom. The number of methoxy groups -OCH3 is 2. The highest BCUT2D eigenvalue weighted by atomic mass is 16.5. The molecular weight excluding hydrogens is 388 g/mol. The van der Waals surface area contributed by atoms with Gasteiger partial charge >= 0.3 is 5.69 Å². The molecule has 10 nitrogen and oxygen atoms in total. The summed E-state index contributed by atoms with van der Waals surface area (Å²) in [5.74, 6) is 1.81. The van der Waals surface area contributed by atoms with E-state index in [1.807, 2.05) is 13.1 Å². The standard InChI is InChI=1S/C20H22N6O4/c1-24-7-6-22-18(24)16(12-8-13(29-4)10-14(9-12)30-5)23-17-15(11-21)19(27)26(3)20(28)25(17)2/h6-10,16,23H,1-5H3/t16-/m1/s1. The summed E-state index contributed by atoms with van der Waals surface area (Å²) in [6.45, 7) is 0. The van der Waals surface area contributed by atoms with E-state index in [0.29, 0.717) is 22.9 Å². The van der Waals surface area contributed by atoms with E-state index in [1.165, 1.54) is 18.7 Å². The topological polar surface area (TPSA) is 116 Å². The Morgan fingerprint density at radius 3 is 2.20 bits per heavy atom. The molecule has 0 saturated heterocycles. The molecular formula is C20H22N6O4. The van der Waals surface area contributed by atoms with Crippen molar-refractivity contribution in [2.75, 3.05) is 19.5 Å².